The van der Waals surface area contributed by atoms with Crippen LogP contribution >= 0.6 is 0 Å². The SMILES string of the molecule is C=C1C[C@@H]2/C=C/C(O[Si](CC)(CC)CC)C[C@H]3OC4[C@@H](O[C@H]5CC[C@H](CC(=O)C[C@@H]6[C@@H](C)[C@@H](C[C@H](C)CO[Si](C)(C)C(C)(C)C)O[C@H]6CC6O[C@@H](CCC1O2)C[C@@H](C)C6=C)O[C@@H]5[C@@H]4O[Si](c1ccccc1)(c1ccccc1)C(C)(C)C)[C@H]3O[Si](c1ccccc1)(c1ccccc1)C(C)(C)C. The molecule has 7 heterocycles. The Labute approximate surface area is 607 Å². The van der Waals surface area contributed by atoms with Crippen molar-refractivity contribution in [1.82, 2.24) is 0 Å². The van der Waals surface area contributed by atoms with Crippen LogP contribution < -0.4 is 20.7 Å². The molecule has 7 aliphatic heterocycles. The van der Waals surface area contributed by atoms with Crippen LogP contribution in [-0.4, -0.2) is 137 Å². The van der Waals surface area contributed by atoms with Crippen molar-refractivity contribution in [1.29, 1.82) is 0 Å². The van der Waals surface area contributed by atoms with Crippen LogP contribution in [0.5, 0.6) is 0 Å². The summed E-state index contributed by atoms with van der Waals surface area (Å²) in [7, 11) is -11.0. The highest BCUT2D eigenvalue weighted by Gasteiger charge is 2.65. The molecule has 0 aliphatic carbocycles. The Morgan fingerprint density at radius 2 is 1.04 bits per heavy atom. The predicted octanol–water partition coefficient (Wildman–Crippen LogP) is 17.0. The summed E-state index contributed by atoms with van der Waals surface area (Å²) in [6.07, 6.45) is 6.47. The van der Waals surface area contributed by atoms with E-state index in [0.717, 1.165) is 61.4 Å². The molecule has 6 saturated heterocycles. The van der Waals surface area contributed by atoms with Crippen molar-refractivity contribution in [2.75, 3.05) is 6.61 Å². The lowest BCUT2D eigenvalue weighted by atomic mass is 9.78. The summed E-state index contributed by atoms with van der Waals surface area (Å²) in [5.41, 5.74) is 2.24. The lowest BCUT2D eigenvalue weighted by Gasteiger charge is -2.53. The monoisotopic (exact) mass is 1430 g/mol. The average molecular weight is 1440 g/mol. The summed E-state index contributed by atoms with van der Waals surface area (Å²) in [5.74, 6) is 0.824. The number of hydrogen-bond donors (Lipinski definition) is 0. The molecule has 8 bridgehead atoms. The van der Waals surface area contributed by atoms with Crippen LogP contribution in [0.4, 0.5) is 0 Å². The van der Waals surface area contributed by atoms with E-state index >= 15 is 4.79 Å². The van der Waals surface area contributed by atoms with E-state index in [1.54, 1.807) is 0 Å². The summed E-state index contributed by atoms with van der Waals surface area (Å²) >= 11 is 0. The first-order valence-electron chi connectivity index (χ1n) is 38.8. The Hall–Kier alpha value is -3.76. The van der Waals surface area contributed by atoms with Gasteiger partial charge in [-0.05, 0) is 140 Å². The van der Waals surface area contributed by atoms with Gasteiger partial charge in [0, 0.05) is 38.7 Å². The van der Waals surface area contributed by atoms with E-state index in [9.17, 15) is 0 Å². The van der Waals surface area contributed by atoms with Crippen molar-refractivity contribution >= 4 is 59.8 Å². The number of benzene rings is 4. The summed E-state index contributed by atoms with van der Waals surface area (Å²) < 4.78 is 77.2. The van der Waals surface area contributed by atoms with E-state index in [-0.39, 0.29) is 94.8 Å². The number of hydrogen-bond acceptors (Lipinski definition) is 11. The van der Waals surface area contributed by atoms with E-state index in [4.69, 9.17) is 59.3 Å². The highest BCUT2D eigenvalue weighted by molar-refractivity contribution is 7.00. The number of ketones is 1. The Bertz CT molecular complexity index is 3270. The van der Waals surface area contributed by atoms with Crippen molar-refractivity contribution in [2.45, 2.75) is 312 Å². The van der Waals surface area contributed by atoms with E-state index in [1.807, 2.05) is 0 Å². The third kappa shape index (κ3) is 16.3. The maximum atomic E-state index is 15.6. The van der Waals surface area contributed by atoms with Crippen LogP contribution in [-0.2, 0) is 50.9 Å². The Morgan fingerprint density at radius 1 is 0.520 bits per heavy atom. The number of carbonyl (C=O) groups excluding carboxylic acids is 1. The van der Waals surface area contributed by atoms with Gasteiger partial charge in [0.2, 0.25) is 0 Å². The quantitative estimate of drug-likeness (QED) is 0.0702. The van der Waals surface area contributed by atoms with Gasteiger partial charge < -0.3 is 46.1 Å². The van der Waals surface area contributed by atoms with Gasteiger partial charge in [0.05, 0.1) is 61.0 Å². The van der Waals surface area contributed by atoms with Crippen LogP contribution in [0.1, 0.15) is 174 Å². The highest BCUT2D eigenvalue weighted by atomic mass is 28.4. The molecule has 19 atom stereocenters. The number of Topliss-reactive ketones (excluding diaryl/α,β-unsaturated/α-hetero) is 1. The Morgan fingerprint density at radius 3 is 1.57 bits per heavy atom. The molecule has 0 saturated carbocycles. The summed E-state index contributed by atoms with van der Waals surface area (Å²) in [6, 6.07) is 46.9. The molecule has 4 unspecified atom stereocenters. The third-order valence-electron chi connectivity index (χ3n) is 25.3. The number of carbonyl (C=O) groups is 1. The molecule has 15 heteroatoms. The fourth-order valence-electron chi connectivity index (χ4n) is 18.1. The molecule has 4 aromatic rings. The Kier molecular flexibility index (Phi) is 24.5. The molecule has 548 valence electrons. The molecule has 0 amide bonds. The van der Waals surface area contributed by atoms with E-state index in [2.05, 4.69) is 250 Å². The van der Waals surface area contributed by atoms with Gasteiger partial charge in [-0.3, -0.25) is 4.79 Å². The molecular weight excluding hydrogens is 1310 g/mol. The first-order chi connectivity index (χ1) is 47.4. The molecule has 11 nitrogen and oxygen atoms in total. The second-order valence-corrected chi connectivity index (χ2v) is 53.0. The minimum atomic E-state index is -3.38. The number of rotatable bonds is 18. The van der Waals surface area contributed by atoms with Crippen molar-refractivity contribution in [3.05, 3.63) is 158 Å². The van der Waals surface area contributed by atoms with Gasteiger partial charge in [0.15, 0.2) is 16.6 Å². The predicted molar refractivity (Wildman–Crippen MR) is 416 cm³/mol. The lowest BCUT2D eigenvalue weighted by Crippen LogP contribution is -2.73. The van der Waals surface area contributed by atoms with Crippen LogP contribution in [0.2, 0.25) is 46.3 Å². The Balaban J connectivity index is 1.04. The van der Waals surface area contributed by atoms with Gasteiger partial charge >= 0.3 is 0 Å². The van der Waals surface area contributed by atoms with Crippen LogP contribution in [0.15, 0.2) is 158 Å². The van der Waals surface area contributed by atoms with Crippen LogP contribution in [0.3, 0.4) is 0 Å². The topological polar surface area (TPSA) is 109 Å². The van der Waals surface area contributed by atoms with Crippen LogP contribution in [0.25, 0.3) is 0 Å². The molecule has 7 aliphatic rings. The number of ether oxygens (including phenoxy) is 6. The van der Waals surface area contributed by atoms with Gasteiger partial charge in [0.25, 0.3) is 16.6 Å². The fraction of sp³-hybridized carbons (Fsp3) is 0.635. The maximum Gasteiger partial charge on any atom is 0.261 e. The summed E-state index contributed by atoms with van der Waals surface area (Å²) in [5, 5.41) is 4.07. The highest BCUT2D eigenvalue weighted by Crippen LogP contribution is 2.51. The molecule has 6 fully saturated rings. The third-order valence-corrected chi connectivity index (χ3v) is 44.5. The largest absolute Gasteiger partial charge is 0.417 e. The van der Waals surface area contributed by atoms with Crippen molar-refractivity contribution < 1.29 is 50.9 Å². The van der Waals surface area contributed by atoms with Gasteiger partial charge in [0.1, 0.15) is 36.3 Å². The van der Waals surface area contributed by atoms with Gasteiger partial charge in [-0.25, -0.2) is 0 Å². The van der Waals surface area contributed by atoms with Crippen molar-refractivity contribution in [3.63, 3.8) is 0 Å². The fourth-order valence-corrected chi connectivity index (χ4v) is 31.4. The molecule has 100 heavy (non-hydrogen) atoms. The number of fused-ring (bicyclic) bond motifs is 7. The van der Waals surface area contributed by atoms with Crippen molar-refractivity contribution in [2.24, 2.45) is 23.7 Å². The van der Waals surface area contributed by atoms with E-state index < -0.39 is 81.0 Å². The summed E-state index contributed by atoms with van der Waals surface area (Å²) in [6.45, 7) is 49.7. The van der Waals surface area contributed by atoms with E-state index in [0.29, 0.717) is 38.7 Å². The smallest absolute Gasteiger partial charge is 0.261 e. The minimum absolute atomic E-state index is 0.0199. The van der Waals surface area contributed by atoms with Crippen LogP contribution in [0, 0.1) is 23.7 Å². The van der Waals surface area contributed by atoms with Crippen molar-refractivity contribution in [3.8, 4) is 0 Å². The summed E-state index contributed by atoms with van der Waals surface area (Å²) in [4.78, 5) is 15.6. The molecule has 0 N–H and O–H groups in total. The zero-order chi connectivity index (χ0) is 71.7. The molecule has 4 aromatic carbocycles. The second-order valence-electron chi connectivity index (χ2n) is 35.0. The van der Waals surface area contributed by atoms with E-state index in [1.165, 1.54) is 20.7 Å². The van der Waals surface area contributed by atoms with Gasteiger partial charge in [-0.2, -0.15) is 0 Å². The average Bonchev–Trinajstić information content (AvgIpc) is 1.34. The molecule has 0 radical (unpaired) electrons. The van der Waals surface area contributed by atoms with Gasteiger partial charge in [-0.15, -0.1) is 0 Å². The maximum absolute atomic E-state index is 15.6. The first kappa shape index (κ1) is 77.3. The normalized spacial score (nSPS) is 32.9. The molecule has 0 aromatic heterocycles. The standard InChI is InChI=1S/C85H126O11Si4/c1-20-98(21-2,22-3)94-66-44-43-63-51-59(6)72(88-63)47-45-64-50-58(5)60(7)75(89-64)55-76-71(61(8)74(91-76)49-57(4)56-87-97(18,19)83(9,10)11)53-62(86)52-65-46-48-73-78(90-65)82(96-100(85(15,16)17,69-39-31-25-32-40-69)70-41-33-26-34-42-70)81-80(92-73)79(77(54-66)93-81)95-99(84(12,13)14,67-35-27-23-28-36-67)68-37-29-24-30-38-68/h23-44,57-58,61,63-66,71-82H,6-7,20-22,45-56H2,1-5,8-19H3/b44-43+/t57-,58+,61+,63-,64-,65+,66?,71+,72?,73-,74+,75?,76-,77+,78-,79-,80-,81?,82-/m0/s1. The zero-order valence-corrected chi connectivity index (χ0v) is 68.2. The molecule has 0 spiro atoms. The molecular formula is C85H126O11Si4. The lowest BCUT2D eigenvalue weighted by molar-refractivity contribution is -0.254. The molecule has 11 rings (SSSR count). The van der Waals surface area contributed by atoms with Gasteiger partial charge in [-0.1, -0.05) is 250 Å². The minimum Gasteiger partial charge on any atom is -0.417 e. The first-order valence-corrected chi connectivity index (χ1v) is 48.1. The zero-order valence-electron chi connectivity index (χ0n) is 64.2. The second kappa shape index (κ2) is 31.7.